The monoisotopic (exact) mass is 285 g/mol. The van der Waals surface area contributed by atoms with E-state index in [1.165, 1.54) is 0 Å². The third-order valence-corrected chi connectivity index (χ3v) is 3.73. The van der Waals surface area contributed by atoms with Crippen molar-refractivity contribution in [3.8, 4) is 0 Å². The molecule has 0 saturated carbocycles. The topological polar surface area (TPSA) is 90.0 Å². The van der Waals surface area contributed by atoms with Gasteiger partial charge in [0, 0.05) is 13.1 Å². The summed E-state index contributed by atoms with van der Waals surface area (Å²) in [6, 6.07) is -0.427. The number of hydrogen-bond donors (Lipinski definition) is 2. The minimum atomic E-state index is -1.04. The van der Waals surface area contributed by atoms with E-state index in [9.17, 15) is 19.5 Å². The lowest BCUT2D eigenvalue weighted by Gasteiger charge is -2.34. The van der Waals surface area contributed by atoms with Crippen LogP contribution in [0, 0.1) is 0 Å². The highest BCUT2D eigenvalue weighted by Gasteiger charge is 2.44. The molecule has 0 radical (unpaired) electrons. The highest BCUT2D eigenvalue weighted by molar-refractivity contribution is 6.06. The number of hydrogen-bond acceptors (Lipinski definition) is 4. The Balaban J connectivity index is 2.74. The van der Waals surface area contributed by atoms with E-state index in [4.69, 9.17) is 0 Å². The van der Waals surface area contributed by atoms with Crippen molar-refractivity contribution in [3.05, 3.63) is 0 Å². The molecular weight excluding hydrogens is 262 g/mol. The van der Waals surface area contributed by atoms with Crippen LogP contribution in [0.4, 0.5) is 4.79 Å². The summed E-state index contributed by atoms with van der Waals surface area (Å²) in [5, 5.41) is 11.8. The summed E-state index contributed by atoms with van der Waals surface area (Å²) >= 11 is 0. The molecule has 0 bridgehead atoms. The van der Waals surface area contributed by atoms with Crippen molar-refractivity contribution in [2.75, 3.05) is 19.6 Å². The van der Waals surface area contributed by atoms with Gasteiger partial charge in [-0.15, -0.1) is 0 Å². The first kappa shape index (κ1) is 16.4. The van der Waals surface area contributed by atoms with E-state index in [2.05, 4.69) is 5.32 Å². The maximum atomic E-state index is 12.0. The van der Waals surface area contributed by atoms with Crippen molar-refractivity contribution in [1.29, 1.82) is 0 Å². The number of carbonyl (C=O) groups is 3. The molecule has 0 spiro atoms. The molecule has 0 aromatic heterocycles. The molecule has 7 nitrogen and oxygen atoms in total. The fourth-order valence-corrected chi connectivity index (χ4v) is 2.21. The van der Waals surface area contributed by atoms with Crippen molar-refractivity contribution >= 4 is 17.9 Å². The number of likely N-dealkylation sites (N-methyl/N-ethyl adjacent to an activating group) is 1. The highest BCUT2D eigenvalue weighted by Crippen LogP contribution is 2.18. The van der Waals surface area contributed by atoms with Gasteiger partial charge in [0.2, 0.25) is 0 Å². The molecule has 114 valence electrons. The molecule has 1 aliphatic rings. The first-order valence-corrected chi connectivity index (χ1v) is 6.66. The van der Waals surface area contributed by atoms with Crippen molar-refractivity contribution in [2.24, 2.45) is 0 Å². The van der Waals surface area contributed by atoms with Gasteiger partial charge in [-0.25, -0.2) is 4.79 Å². The van der Waals surface area contributed by atoms with E-state index in [1.807, 2.05) is 6.92 Å². The highest BCUT2D eigenvalue weighted by atomic mass is 16.4. The Kier molecular flexibility index (Phi) is 4.43. The van der Waals surface area contributed by atoms with E-state index in [0.717, 1.165) is 4.90 Å². The molecule has 0 atom stereocenters. The number of rotatable bonds is 6. The Morgan fingerprint density at radius 2 is 1.95 bits per heavy atom. The van der Waals surface area contributed by atoms with E-state index in [-0.39, 0.29) is 12.5 Å². The zero-order valence-electron chi connectivity index (χ0n) is 12.7. The second kappa shape index (κ2) is 5.40. The van der Waals surface area contributed by atoms with E-state index in [1.54, 1.807) is 32.6 Å². The maximum Gasteiger partial charge on any atom is 0.325 e. The molecule has 0 aromatic rings. The quantitative estimate of drug-likeness (QED) is 0.694. The zero-order chi connectivity index (χ0) is 15.7. The van der Waals surface area contributed by atoms with E-state index in [0.29, 0.717) is 13.1 Å². The van der Waals surface area contributed by atoms with Crippen LogP contribution in [0.3, 0.4) is 0 Å². The number of amides is 3. The Morgan fingerprint density at radius 1 is 1.40 bits per heavy atom. The van der Waals surface area contributed by atoms with Gasteiger partial charge in [-0.1, -0.05) is 6.92 Å². The van der Waals surface area contributed by atoms with Crippen molar-refractivity contribution < 1.29 is 19.5 Å². The summed E-state index contributed by atoms with van der Waals surface area (Å²) < 4.78 is 0. The van der Waals surface area contributed by atoms with Gasteiger partial charge in [0.15, 0.2) is 0 Å². The summed E-state index contributed by atoms with van der Waals surface area (Å²) in [6.45, 7) is 9.37. The summed E-state index contributed by atoms with van der Waals surface area (Å²) in [6.07, 6.45) is 0. The normalized spacial score (nSPS) is 18.6. The Hall–Kier alpha value is -1.63. The molecule has 1 fully saturated rings. The number of carboxylic acid groups (broad SMARTS) is 1. The fourth-order valence-electron chi connectivity index (χ4n) is 2.21. The smallest absolute Gasteiger partial charge is 0.325 e. The number of aliphatic carboxylic acids is 1. The molecule has 0 unspecified atom stereocenters. The van der Waals surface area contributed by atoms with E-state index >= 15 is 0 Å². The average molecular weight is 285 g/mol. The second-order valence-electron chi connectivity index (χ2n) is 5.96. The predicted octanol–water partition coefficient (Wildman–Crippen LogP) is 0.502. The first-order valence-electron chi connectivity index (χ1n) is 6.66. The Morgan fingerprint density at radius 3 is 2.30 bits per heavy atom. The predicted molar refractivity (Wildman–Crippen MR) is 73.3 cm³/mol. The molecule has 3 amide bonds. The fraction of sp³-hybridized carbons (Fsp3) is 0.769. The number of nitrogens with one attached hydrogen (secondary N) is 1. The summed E-state index contributed by atoms with van der Waals surface area (Å²) in [7, 11) is 0. The lowest BCUT2D eigenvalue weighted by atomic mass is 10.0. The van der Waals surface area contributed by atoms with Crippen LogP contribution < -0.4 is 5.32 Å². The molecule has 7 heteroatoms. The van der Waals surface area contributed by atoms with Gasteiger partial charge in [-0.05, 0) is 34.2 Å². The van der Waals surface area contributed by atoms with Gasteiger partial charge in [-0.2, -0.15) is 0 Å². The summed E-state index contributed by atoms with van der Waals surface area (Å²) in [5.74, 6) is -1.22. The molecule has 0 aromatic carbocycles. The molecule has 1 heterocycles. The van der Waals surface area contributed by atoms with Gasteiger partial charge >= 0.3 is 12.0 Å². The summed E-state index contributed by atoms with van der Waals surface area (Å²) in [4.78, 5) is 37.9. The van der Waals surface area contributed by atoms with Gasteiger partial charge in [0.05, 0.1) is 0 Å². The largest absolute Gasteiger partial charge is 0.480 e. The number of imide groups is 1. The van der Waals surface area contributed by atoms with Crippen LogP contribution in [0.15, 0.2) is 0 Å². The lowest BCUT2D eigenvalue weighted by molar-refractivity contribution is -0.149. The van der Waals surface area contributed by atoms with E-state index < -0.39 is 23.1 Å². The first-order chi connectivity index (χ1) is 9.04. The van der Waals surface area contributed by atoms with Gasteiger partial charge in [0.25, 0.3) is 5.91 Å². The average Bonchev–Trinajstić information content (AvgIpc) is 2.50. The van der Waals surface area contributed by atoms with Crippen LogP contribution in [0.2, 0.25) is 0 Å². The van der Waals surface area contributed by atoms with Crippen LogP contribution >= 0.6 is 0 Å². The minimum Gasteiger partial charge on any atom is -0.480 e. The number of nitrogens with zero attached hydrogens (tertiary/aromatic N) is 2. The lowest BCUT2D eigenvalue weighted by Crippen LogP contribution is -2.53. The number of carbonyl (C=O) groups excluding carboxylic acids is 2. The third kappa shape index (κ3) is 2.92. The molecule has 1 aliphatic heterocycles. The van der Waals surface area contributed by atoms with Crippen molar-refractivity contribution in [1.82, 2.24) is 15.1 Å². The maximum absolute atomic E-state index is 12.0. The molecular formula is C13H23N3O4. The van der Waals surface area contributed by atoms with Gasteiger partial charge < -0.3 is 10.4 Å². The zero-order valence-corrected chi connectivity index (χ0v) is 12.7. The third-order valence-electron chi connectivity index (χ3n) is 3.73. The Bertz CT molecular complexity index is 431. The molecule has 1 saturated heterocycles. The standard InChI is InChI=1S/C13H23N3O4/c1-6-15(13(4,5)10(18)19)7-8-16-9(17)12(2,3)14-11(16)20/h6-8H2,1-5H3,(H,14,20)(H,18,19). The van der Waals surface area contributed by atoms with Crippen LogP contribution in [-0.2, 0) is 9.59 Å². The van der Waals surface area contributed by atoms with Gasteiger partial charge in [0.1, 0.15) is 11.1 Å². The Labute approximate surface area is 118 Å². The van der Waals surface area contributed by atoms with Crippen LogP contribution in [0.5, 0.6) is 0 Å². The van der Waals surface area contributed by atoms with Crippen LogP contribution in [0.1, 0.15) is 34.6 Å². The van der Waals surface area contributed by atoms with Crippen LogP contribution in [0.25, 0.3) is 0 Å². The minimum absolute atomic E-state index is 0.179. The van der Waals surface area contributed by atoms with Crippen LogP contribution in [-0.4, -0.2) is 63.5 Å². The summed E-state index contributed by atoms with van der Waals surface area (Å²) in [5.41, 5.74) is -1.93. The second-order valence-corrected chi connectivity index (χ2v) is 5.96. The number of carboxylic acids is 1. The van der Waals surface area contributed by atoms with Gasteiger partial charge in [-0.3, -0.25) is 19.4 Å². The molecule has 2 N–H and O–H groups in total. The molecule has 20 heavy (non-hydrogen) atoms. The molecule has 0 aliphatic carbocycles. The van der Waals surface area contributed by atoms with Crippen molar-refractivity contribution in [3.63, 3.8) is 0 Å². The molecule has 1 rings (SSSR count). The SMILES string of the molecule is CCN(CCN1C(=O)NC(C)(C)C1=O)C(C)(C)C(=O)O. The van der Waals surface area contributed by atoms with Crippen molar-refractivity contribution in [2.45, 2.75) is 45.7 Å². The number of urea groups is 1.